The number of rotatable bonds is 8. The number of thiazole rings is 1. The number of hydrogen-bond donors (Lipinski definition) is 0. The van der Waals surface area contributed by atoms with Gasteiger partial charge in [-0.15, -0.1) is 0 Å². The third-order valence-electron chi connectivity index (χ3n) is 5.83. The summed E-state index contributed by atoms with van der Waals surface area (Å²) in [4.78, 5) is 43.7. The zero-order valence-corrected chi connectivity index (χ0v) is 24.5. The molecule has 0 saturated carbocycles. The molecule has 3 aromatic rings. The second kappa shape index (κ2) is 12.0. The highest BCUT2D eigenvalue weighted by Crippen LogP contribution is 2.36. The standard InChI is InChI=1S/C28H27BrN2O7S/c1-6-36-22-13-17(8-10-21(22)35-5)25-24(27(34)37-7-2)15(3)30-28-31(25)26(33)23(39-28)14-18-12-19(29)9-11-20(18)38-16(4)32/h8-14,25H,6-7H2,1-5H3/b23-14-/t25-/m0/s1. The van der Waals surface area contributed by atoms with E-state index in [1.807, 2.05) is 6.92 Å². The first-order valence-electron chi connectivity index (χ1n) is 12.2. The molecule has 39 heavy (non-hydrogen) atoms. The molecule has 0 amide bonds. The first-order chi connectivity index (χ1) is 18.7. The summed E-state index contributed by atoms with van der Waals surface area (Å²) in [6, 6.07) is 9.60. The van der Waals surface area contributed by atoms with Gasteiger partial charge in [-0.2, -0.15) is 0 Å². The first kappa shape index (κ1) is 28.3. The second-order valence-electron chi connectivity index (χ2n) is 8.42. The quantitative estimate of drug-likeness (QED) is 0.280. The average Bonchev–Trinajstić information content (AvgIpc) is 3.19. The largest absolute Gasteiger partial charge is 0.493 e. The maximum atomic E-state index is 13.9. The summed E-state index contributed by atoms with van der Waals surface area (Å²) >= 11 is 4.60. The van der Waals surface area contributed by atoms with Gasteiger partial charge in [0.05, 0.1) is 42.2 Å². The lowest BCUT2D eigenvalue weighted by Crippen LogP contribution is -2.40. The van der Waals surface area contributed by atoms with Gasteiger partial charge < -0.3 is 18.9 Å². The maximum Gasteiger partial charge on any atom is 0.338 e. The number of carbonyl (C=O) groups excluding carboxylic acids is 2. The Balaban J connectivity index is 1.98. The topological polar surface area (TPSA) is 105 Å². The number of ether oxygens (including phenoxy) is 4. The van der Waals surface area contributed by atoms with Crippen LogP contribution in [0.25, 0.3) is 6.08 Å². The highest BCUT2D eigenvalue weighted by Gasteiger charge is 2.34. The lowest BCUT2D eigenvalue weighted by molar-refractivity contribution is -0.139. The molecular formula is C28H27BrN2O7S. The highest BCUT2D eigenvalue weighted by atomic mass is 79.9. The van der Waals surface area contributed by atoms with E-state index in [0.29, 0.717) is 50.0 Å². The molecule has 9 nitrogen and oxygen atoms in total. The van der Waals surface area contributed by atoms with Crippen LogP contribution in [0.2, 0.25) is 0 Å². The zero-order chi connectivity index (χ0) is 28.3. The van der Waals surface area contributed by atoms with Crippen LogP contribution in [0, 0.1) is 0 Å². The molecule has 0 N–H and O–H groups in total. The molecule has 0 spiro atoms. The third-order valence-corrected chi connectivity index (χ3v) is 7.31. The fourth-order valence-corrected chi connectivity index (χ4v) is 5.68. The third kappa shape index (κ3) is 5.84. The van der Waals surface area contributed by atoms with Gasteiger partial charge in [-0.25, -0.2) is 9.79 Å². The van der Waals surface area contributed by atoms with Gasteiger partial charge in [-0.1, -0.05) is 33.3 Å². The van der Waals surface area contributed by atoms with E-state index in [-0.39, 0.29) is 17.7 Å². The normalized spacial score (nSPS) is 14.9. The van der Waals surface area contributed by atoms with Crippen LogP contribution in [0.1, 0.15) is 44.9 Å². The Morgan fingerprint density at radius 1 is 1.10 bits per heavy atom. The molecule has 0 saturated heterocycles. The van der Waals surface area contributed by atoms with E-state index in [0.717, 1.165) is 4.47 Å². The summed E-state index contributed by atoms with van der Waals surface area (Å²) in [7, 11) is 1.54. The number of fused-ring (bicyclic) bond motifs is 1. The Hall–Kier alpha value is -3.70. The Morgan fingerprint density at radius 2 is 1.85 bits per heavy atom. The van der Waals surface area contributed by atoms with Gasteiger partial charge in [0.15, 0.2) is 16.3 Å². The molecule has 0 unspecified atom stereocenters. The molecule has 11 heteroatoms. The summed E-state index contributed by atoms with van der Waals surface area (Å²) in [6.07, 6.45) is 1.65. The van der Waals surface area contributed by atoms with Gasteiger partial charge in [0.2, 0.25) is 0 Å². The molecule has 2 aromatic carbocycles. The molecule has 0 fully saturated rings. The van der Waals surface area contributed by atoms with Crippen molar-refractivity contribution in [2.75, 3.05) is 20.3 Å². The number of nitrogens with zero attached hydrogens (tertiary/aromatic N) is 2. The van der Waals surface area contributed by atoms with Crippen LogP contribution >= 0.6 is 27.3 Å². The predicted molar refractivity (Wildman–Crippen MR) is 150 cm³/mol. The van der Waals surface area contributed by atoms with Crippen molar-refractivity contribution in [2.24, 2.45) is 4.99 Å². The smallest absolute Gasteiger partial charge is 0.338 e. The van der Waals surface area contributed by atoms with Crippen LogP contribution in [0.15, 0.2) is 61.9 Å². The number of benzene rings is 2. The van der Waals surface area contributed by atoms with E-state index in [1.165, 1.54) is 22.8 Å². The number of methoxy groups -OCH3 is 1. The molecule has 0 bridgehead atoms. The van der Waals surface area contributed by atoms with Crippen LogP contribution in [0.4, 0.5) is 0 Å². The molecule has 0 aliphatic carbocycles. The van der Waals surface area contributed by atoms with Gasteiger partial charge in [-0.05, 0) is 62.7 Å². The van der Waals surface area contributed by atoms with Gasteiger partial charge in [0.1, 0.15) is 5.75 Å². The van der Waals surface area contributed by atoms with Crippen LogP contribution in [-0.2, 0) is 14.3 Å². The summed E-state index contributed by atoms with van der Waals surface area (Å²) in [5, 5.41) is 0. The van der Waals surface area contributed by atoms with Gasteiger partial charge in [-0.3, -0.25) is 14.2 Å². The monoisotopic (exact) mass is 614 g/mol. The minimum absolute atomic E-state index is 0.168. The van der Waals surface area contributed by atoms with Gasteiger partial charge in [0.25, 0.3) is 5.56 Å². The molecular weight excluding hydrogens is 588 g/mol. The predicted octanol–water partition coefficient (Wildman–Crippen LogP) is 3.89. The molecule has 1 aromatic heterocycles. The number of halogens is 1. The van der Waals surface area contributed by atoms with Crippen LogP contribution in [-0.4, -0.2) is 36.8 Å². The SMILES string of the molecule is CCOC(=O)C1=C(C)N=c2s/c(=C\c3cc(Br)ccc3OC(C)=O)c(=O)n2[C@H]1c1ccc(OC)c(OCC)c1. The van der Waals surface area contributed by atoms with Crippen molar-refractivity contribution < 1.29 is 28.5 Å². The van der Waals surface area contributed by atoms with E-state index in [2.05, 4.69) is 20.9 Å². The summed E-state index contributed by atoms with van der Waals surface area (Å²) in [6.45, 7) is 7.18. The van der Waals surface area contributed by atoms with Crippen molar-refractivity contribution in [2.45, 2.75) is 33.7 Å². The first-order valence-corrected chi connectivity index (χ1v) is 13.8. The number of carbonyl (C=O) groups is 2. The van der Waals surface area contributed by atoms with Crippen molar-refractivity contribution >= 4 is 45.3 Å². The van der Waals surface area contributed by atoms with E-state index in [1.54, 1.807) is 63.4 Å². The Kier molecular flexibility index (Phi) is 8.71. The molecule has 1 atom stereocenters. The van der Waals surface area contributed by atoms with Crippen molar-refractivity contribution in [3.8, 4) is 17.2 Å². The number of esters is 2. The second-order valence-corrected chi connectivity index (χ2v) is 10.3. The van der Waals surface area contributed by atoms with Gasteiger partial charge in [0, 0.05) is 17.0 Å². The lowest BCUT2D eigenvalue weighted by Gasteiger charge is -2.25. The highest BCUT2D eigenvalue weighted by molar-refractivity contribution is 9.10. The molecule has 4 rings (SSSR count). The number of aromatic nitrogens is 1. The van der Waals surface area contributed by atoms with Crippen molar-refractivity contribution in [1.82, 2.24) is 4.57 Å². The average molecular weight is 616 g/mol. The zero-order valence-electron chi connectivity index (χ0n) is 22.1. The lowest BCUT2D eigenvalue weighted by atomic mass is 9.95. The van der Waals surface area contributed by atoms with Crippen molar-refractivity contribution in [1.29, 1.82) is 0 Å². The molecule has 0 radical (unpaired) electrons. The minimum atomic E-state index is -0.817. The minimum Gasteiger partial charge on any atom is -0.493 e. The van der Waals surface area contributed by atoms with E-state index in [4.69, 9.17) is 18.9 Å². The van der Waals surface area contributed by atoms with E-state index in [9.17, 15) is 14.4 Å². The summed E-state index contributed by atoms with van der Waals surface area (Å²) in [5.74, 6) is 0.286. The van der Waals surface area contributed by atoms with Gasteiger partial charge >= 0.3 is 11.9 Å². The van der Waals surface area contributed by atoms with Crippen LogP contribution < -0.4 is 29.1 Å². The fourth-order valence-electron chi connectivity index (χ4n) is 4.26. The fraction of sp³-hybridized carbons (Fsp3) is 0.286. The number of hydrogen-bond acceptors (Lipinski definition) is 9. The maximum absolute atomic E-state index is 13.9. The summed E-state index contributed by atoms with van der Waals surface area (Å²) < 4.78 is 24.5. The van der Waals surface area contributed by atoms with E-state index < -0.39 is 18.0 Å². The molecule has 204 valence electrons. The molecule has 2 heterocycles. The number of allylic oxidation sites excluding steroid dienone is 1. The molecule has 1 aliphatic rings. The Morgan fingerprint density at radius 3 is 2.51 bits per heavy atom. The van der Waals surface area contributed by atoms with Crippen molar-refractivity contribution in [3.05, 3.63) is 83.0 Å². The van der Waals surface area contributed by atoms with Crippen LogP contribution in [0.3, 0.4) is 0 Å². The molecule has 1 aliphatic heterocycles. The van der Waals surface area contributed by atoms with Crippen LogP contribution in [0.5, 0.6) is 17.2 Å². The Labute approximate surface area is 237 Å². The van der Waals surface area contributed by atoms with Crippen molar-refractivity contribution in [3.63, 3.8) is 0 Å². The Bertz CT molecular complexity index is 1650. The summed E-state index contributed by atoms with van der Waals surface area (Å²) in [5.41, 5.74) is 1.51. The van der Waals surface area contributed by atoms with E-state index >= 15 is 0 Å².